The number of unbranched alkanes of at least 4 members (excludes halogenated alkanes) is 9. The first-order valence-corrected chi connectivity index (χ1v) is 9.45. The van der Waals surface area contributed by atoms with Gasteiger partial charge in [-0.05, 0) is 18.6 Å². The van der Waals surface area contributed by atoms with Crippen molar-refractivity contribution in [2.75, 3.05) is 11.9 Å². The fourth-order valence-electron chi connectivity index (χ4n) is 2.88. The summed E-state index contributed by atoms with van der Waals surface area (Å²) >= 11 is 0. The number of anilines is 1. The third-order valence-corrected chi connectivity index (χ3v) is 4.36. The van der Waals surface area contributed by atoms with Gasteiger partial charge in [0, 0.05) is 18.3 Å². The highest BCUT2D eigenvalue weighted by molar-refractivity contribution is 5.55. The second kappa shape index (κ2) is 11.8. The van der Waals surface area contributed by atoms with E-state index in [2.05, 4.69) is 12.2 Å². The molecule has 0 saturated heterocycles. The number of hydrogen-bond donors (Lipinski definition) is 1. The molecule has 148 valence electrons. The molecule has 1 rings (SSSR count). The van der Waals surface area contributed by atoms with E-state index in [0.717, 1.165) is 31.4 Å². The molecule has 0 radical (unpaired) electrons. The van der Waals surface area contributed by atoms with Gasteiger partial charge >= 0.3 is 6.18 Å². The van der Waals surface area contributed by atoms with E-state index in [4.69, 9.17) is 0 Å². The fraction of sp³-hybridized carbons (Fsp3) is 0.684. The van der Waals surface area contributed by atoms with Gasteiger partial charge in [-0.25, -0.2) is 0 Å². The van der Waals surface area contributed by atoms with Crippen molar-refractivity contribution in [2.45, 2.75) is 77.3 Å². The summed E-state index contributed by atoms with van der Waals surface area (Å²) in [6.07, 6.45) is 7.19. The van der Waals surface area contributed by atoms with Crippen molar-refractivity contribution in [1.29, 1.82) is 0 Å². The predicted molar refractivity (Wildman–Crippen MR) is 98.4 cm³/mol. The van der Waals surface area contributed by atoms with Crippen LogP contribution in [0.15, 0.2) is 18.2 Å². The quantitative estimate of drug-likeness (QED) is 0.231. The molecule has 0 amide bonds. The summed E-state index contributed by atoms with van der Waals surface area (Å²) in [4.78, 5) is 9.72. The average Bonchev–Trinajstić information content (AvgIpc) is 2.58. The maximum atomic E-state index is 12.9. The van der Waals surface area contributed by atoms with E-state index >= 15 is 0 Å². The maximum Gasteiger partial charge on any atom is 0.423 e. The monoisotopic (exact) mass is 374 g/mol. The van der Waals surface area contributed by atoms with E-state index in [1.807, 2.05) is 0 Å². The second-order valence-electron chi connectivity index (χ2n) is 6.60. The normalized spacial score (nSPS) is 11.5. The predicted octanol–water partition coefficient (Wildman–Crippen LogP) is 6.95. The Kier molecular flexibility index (Phi) is 10.1. The molecule has 1 aromatic rings. The van der Waals surface area contributed by atoms with Gasteiger partial charge < -0.3 is 5.32 Å². The van der Waals surface area contributed by atoms with Gasteiger partial charge in [-0.2, -0.15) is 13.2 Å². The fourth-order valence-corrected chi connectivity index (χ4v) is 2.88. The number of alkyl halides is 3. The molecule has 1 aromatic carbocycles. The lowest BCUT2D eigenvalue weighted by Gasteiger charge is -2.11. The van der Waals surface area contributed by atoms with Crippen LogP contribution < -0.4 is 5.32 Å². The first kappa shape index (κ1) is 22.3. The minimum atomic E-state index is -4.74. The van der Waals surface area contributed by atoms with E-state index < -0.39 is 22.4 Å². The van der Waals surface area contributed by atoms with E-state index in [9.17, 15) is 23.3 Å². The average molecular weight is 374 g/mol. The van der Waals surface area contributed by atoms with Crippen LogP contribution in [0.25, 0.3) is 0 Å². The molecular formula is C19H29F3N2O2. The number of nitro benzene ring substituents is 1. The molecule has 0 unspecified atom stereocenters. The third kappa shape index (κ3) is 8.54. The second-order valence-corrected chi connectivity index (χ2v) is 6.60. The lowest BCUT2D eigenvalue weighted by atomic mass is 10.1. The zero-order valence-electron chi connectivity index (χ0n) is 15.4. The minimum absolute atomic E-state index is 0.263. The molecule has 26 heavy (non-hydrogen) atoms. The summed E-state index contributed by atoms with van der Waals surface area (Å²) in [6, 6.07) is 3.04. The summed E-state index contributed by atoms with van der Waals surface area (Å²) in [6.45, 7) is 2.76. The topological polar surface area (TPSA) is 55.2 Å². The Balaban J connectivity index is 2.26. The highest BCUT2D eigenvalue weighted by Crippen LogP contribution is 2.37. The lowest BCUT2D eigenvalue weighted by Crippen LogP contribution is -2.10. The Morgan fingerprint density at radius 1 is 0.962 bits per heavy atom. The Morgan fingerprint density at radius 3 is 2.00 bits per heavy atom. The van der Waals surface area contributed by atoms with Gasteiger partial charge in [0.25, 0.3) is 5.69 Å². The van der Waals surface area contributed by atoms with Crippen molar-refractivity contribution in [1.82, 2.24) is 0 Å². The maximum absolute atomic E-state index is 12.9. The molecule has 0 saturated carbocycles. The number of nitrogens with zero attached hydrogens (tertiary/aromatic N) is 1. The first-order chi connectivity index (χ1) is 12.4. The summed E-state index contributed by atoms with van der Waals surface area (Å²) < 4.78 is 38.7. The third-order valence-electron chi connectivity index (χ3n) is 4.36. The smallest absolute Gasteiger partial charge is 0.385 e. The minimum Gasteiger partial charge on any atom is -0.385 e. The van der Waals surface area contributed by atoms with Crippen LogP contribution in [0.4, 0.5) is 24.5 Å². The Labute approximate surface area is 153 Å². The van der Waals surface area contributed by atoms with E-state index in [-0.39, 0.29) is 5.69 Å². The zero-order valence-corrected chi connectivity index (χ0v) is 15.4. The van der Waals surface area contributed by atoms with Gasteiger partial charge in [0.15, 0.2) is 0 Å². The number of rotatable bonds is 13. The van der Waals surface area contributed by atoms with Crippen molar-refractivity contribution in [3.05, 3.63) is 33.9 Å². The van der Waals surface area contributed by atoms with Gasteiger partial charge in [-0.3, -0.25) is 10.1 Å². The number of hydrogen-bond acceptors (Lipinski definition) is 3. The summed E-state index contributed by atoms with van der Waals surface area (Å²) in [7, 11) is 0. The molecule has 4 nitrogen and oxygen atoms in total. The van der Waals surface area contributed by atoms with Crippen molar-refractivity contribution >= 4 is 11.4 Å². The molecule has 0 bridgehead atoms. The van der Waals surface area contributed by atoms with Gasteiger partial charge in [-0.1, -0.05) is 64.7 Å². The highest BCUT2D eigenvalue weighted by atomic mass is 19.4. The summed E-state index contributed by atoms with van der Waals surface area (Å²) in [5.74, 6) is 0. The SMILES string of the molecule is CCCCCCCCCCCCNc1ccc([N+](=O)[O-])c(C(F)(F)F)c1. The van der Waals surface area contributed by atoms with Crippen molar-refractivity contribution in [3.8, 4) is 0 Å². The number of nitrogens with one attached hydrogen (secondary N) is 1. The van der Waals surface area contributed by atoms with Gasteiger partial charge in [0.2, 0.25) is 0 Å². The number of benzene rings is 1. The van der Waals surface area contributed by atoms with Crippen LogP contribution in [-0.2, 0) is 6.18 Å². The number of nitro groups is 1. The first-order valence-electron chi connectivity index (χ1n) is 9.45. The Bertz CT molecular complexity index is 548. The largest absolute Gasteiger partial charge is 0.423 e. The number of halogens is 3. The zero-order chi connectivity index (χ0) is 19.4. The van der Waals surface area contributed by atoms with Crippen LogP contribution in [0.1, 0.15) is 76.7 Å². The lowest BCUT2D eigenvalue weighted by molar-refractivity contribution is -0.388. The van der Waals surface area contributed by atoms with E-state index in [1.54, 1.807) is 0 Å². The van der Waals surface area contributed by atoms with Crippen LogP contribution in [0.2, 0.25) is 0 Å². The highest BCUT2D eigenvalue weighted by Gasteiger charge is 2.38. The molecule has 0 aliphatic heterocycles. The van der Waals surface area contributed by atoms with Crippen LogP contribution in [0.3, 0.4) is 0 Å². The molecule has 0 spiro atoms. The van der Waals surface area contributed by atoms with E-state index in [0.29, 0.717) is 6.54 Å². The van der Waals surface area contributed by atoms with Gasteiger partial charge in [-0.15, -0.1) is 0 Å². The molecule has 0 fully saturated rings. The molecule has 0 heterocycles. The van der Waals surface area contributed by atoms with E-state index in [1.165, 1.54) is 51.0 Å². The van der Waals surface area contributed by atoms with Gasteiger partial charge in [0.1, 0.15) is 5.56 Å². The summed E-state index contributed by atoms with van der Waals surface area (Å²) in [5, 5.41) is 13.6. The molecule has 0 aliphatic carbocycles. The van der Waals surface area contributed by atoms with Crippen molar-refractivity contribution < 1.29 is 18.1 Å². The van der Waals surface area contributed by atoms with Crippen molar-refractivity contribution in [3.63, 3.8) is 0 Å². The molecule has 1 N–H and O–H groups in total. The Hall–Kier alpha value is -1.79. The van der Waals surface area contributed by atoms with Crippen molar-refractivity contribution in [2.24, 2.45) is 0 Å². The van der Waals surface area contributed by atoms with Crippen LogP contribution in [-0.4, -0.2) is 11.5 Å². The molecule has 0 aliphatic rings. The summed E-state index contributed by atoms with van der Waals surface area (Å²) in [5.41, 5.74) is -1.86. The molecular weight excluding hydrogens is 345 g/mol. The Morgan fingerprint density at radius 2 is 1.50 bits per heavy atom. The van der Waals surface area contributed by atoms with Crippen LogP contribution in [0, 0.1) is 10.1 Å². The molecule has 7 heteroatoms. The van der Waals surface area contributed by atoms with Crippen LogP contribution >= 0.6 is 0 Å². The van der Waals surface area contributed by atoms with Crippen LogP contribution in [0.5, 0.6) is 0 Å². The standard InChI is InChI=1S/C19H29F3N2O2/c1-2-3-4-5-6-7-8-9-10-11-14-23-16-12-13-18(24(25)26)17(15-16)19(20,21)22/h12-13,15,23H,2-11,14H2,1H3. The molecule has 0 atom stereocenters. The van der Waals surface area contributed by atoms with Gasteiger partial charge in [0.05, 0.1) is 4.92 Å². The molecule has 0 aromatic heterocycles.